The number of likely N-dealkylation sites (tertiary alicyclic amines) is 1. The number of fused-ring (bicyclic) bond motifs is 1. The summed E-state index contributed by atoms with van der Waals surface area (Å²) in [4.78, 5) is 36.3. The topological polar surface area (TPSA) is 88.8 Å². The zero-order valence-electron chi connectivity index (χ0n) is 18.9. The molecule has 4 heterocycles. The van der Waals surface area contributed by atoms with E-state index in [0.29, 0.717) is 48.3 Å². The van der Waals surface area contributed by atoms with Crippen LogP contribution in [0.25, 0.3) is 5.65 Å². The van der Waals surface area contributed by atoms with Crippen LogP contribution in [-0.4, -0.2) is 44.2 Å². The van der Waals surface area contributed by atoms with Crippen molar-refractivity contribution in [1.29, 1.82) is 0 Å². The number of hydrogen-bond acceptors (Lipinski definition) is 5. The highest BCUT2D eigenvalue weighted by atomic mass is 35.5. The van der Waals surface area contributed by atoms with Crippen LogP contribution in [0.3, 0.4) is 0 Å². The number of carbonyl (C=O) groups excluding carboxylic acids is 2. The third-order valence-corrected chi connectivity index (χ3v) is 6.16. The lowest BCUT2D eigenvalue weighted by atomic mass is 9.96. The van der Waals surface area contributed by atoms with Gasteiger partial charge in [0.1, 0.15) is 23.8 Å². The van der Waals surface area contributed by atoms with Gasteiger partial charge < -0.3 is 19.4 Å². The summed E-state index contributed by atoms with van der Waals surface area (Å²) in [6, 6.07) is 16.3. The lowest BCUT2D eigenvalue weighted by Gasteiger charge is -2.32. The van der Waals surface area contributed by atoms with Gasteiger partial charge in [0.15, 0.2) is 0 Å². The van der Waals surface area contributed by atoms with Crippen LogP contribution in [0.15, 0.2) is 73.2 Å². The van der Waals surface area contributed by atoms with Gasteiger partial charge in [0, 0.05) is 37.2 Å². The van der Waals surface area contributed by atoms with Crippen molar-refractivity contribution in [3.8, 4) is 5.75 Å². The molecule has 0 spiro atoms. The molecule has 1 aliphatic heterocycles. The first-order valence-corrected chi connectivity index (χ1v) is 11.8. The van der Waals surface area contributed by atoms with Crippen molar-refractivity contribution in [2.24, 2.45) is 5.92 Å². The number of pyridine rings is 2. The van der Waals surface area contributed by atoms with Crippen molar-refractivity contribution in [3.63, 3.8) is 0 Å². The fourth-order valence-corrected chi connectivity index (χ4v) is 4.28. The number of hydrogen-bond donors (Lipinski definition) is 1. The maximum absolute atomic E-state index is 13.2. The highest BCUT2D eigenvalue weighted by Gasteiger charge is 2.29. The minimum absolute atomic E-state index is 0.120. The first-order chi connectivity index (χ1) is 17.0. The fourth-order valence-electron chi connectivity index (χ4n) is 4.17. The van der Waals surface area contributed by atoms with Gasteiger partial charge in [0.25, 0.3) is 5.91 Å². The number of rotatable bonds is 6. The lowest BCUT2D eigenvalue weighted by Crippen LogP contribution is -2.43. The Hall–Kier alpha value is -3.91. The average molecular weight is 490 g/mol. The van der Waals surface area contributed by atoms with Gasteiger partial charge in [-0.05, 0) is 55.3 Å². The van der Waals surface area contributed by atoms with E-state index in [2.05, 4.69) is 15.3 Å². The van der Waals surface area contributed by atoms with Crippen LogP contribution in [0.2, 0.25) is 5.02 Å². The van der Waals surface area contributed by atoms with Crippen molar-refractivity contribution in [2.75, 3.05) is 18.4 Å². The molecule has 0 aliphatic carbocycles. The van der Waals surface area contributed by atoms with E-state index in [-0.39, 0.29) is 17.7 Å². The van der Waals surface area contributed by atoms with E-state index in [0.717, 1.165) is 17.8 Å². The van der Waals surface area contributed by atoms with E-state index in [9.17, 15) is 9.59 Å². The summed E-state index contributed by atoms with van der Waals surface area (Å²) >= 11 is 5.86. The maximum atomic E-state index is 13.2. The molecule has 0 saturated carbocycles. The summed E-state index contributed by atoms with van der Waals surface area (Å²) in [5.74, 6) is 0.457. The molecule has 4 aromatic rings. The van der Waals surface area contributed by atoms with Gasteiger partial charge >= 0.3 is 0 Å². The summed E-state index contributed by atoms with van der Waals surface area (Å²) < 4.78 is 7.84. The number of benzene rings is 1. The molecule has 1 saturated heterocycles. The molecule has 178 valence electrons. The molecular weight excluding hydrogens is 466 g/mol. The molecule has 8 nitrogen and oxygen atoms in total. The number of ether oxygens (including phenoxy) is 1. The molecule has 1 fully saturated rings. The molecule has 3 aromatic heterocycles. The van der Waals surface area contributed by atoms with Gasteiger partial charge in [0.2, 0.25) is 5.91 Å². The van der Waals surface area contributed by atoms with Gasteiger partial charge in [-0.25, -0.2) is 9.97 Å². The SMILES string of the molecule is O=C(Nc1ccc(Cl)cn1)C1CCCN(C(=O)c2cccc(OCc3cn4ccccc4n3)c2)C1. The van der Waals surface area contributed by atoms with Crippen molar-refractivity contribution in [3.05, 3.63) is 89.5 Å². The molecule has 0 radical (unpaired) electrons. The zero-order valence-corrected chi connectivity index (χ0v) is 19.7. The van der Waals surface area contributed by atoms with Crippen LogP contribution >= 0.6 is 11.6 Å². The van der Waals surface area contributed by atoms with E-state index in [4.69, 9.17) is 16.3 Å². The average Bonchev–Trinajstić information content (AvgIpc) is 3.32. The van der Waals surface area contributed by atoms with Gasteiger partial charge in [-0.2, -0.15) is 0 Å². The Kier molecular flexibility index (Phi) is 6.63. The third-order valence-electron chi connectivity index (χ3n) is 5.94. The van der Waals surface area contributed by atoms with Crippen molar-refractivity contribution < 1.29 is 14.3 Å². The van der Waals surface area contributed by atoms with Crippen LogP contribution in [-0.2, 0) is 11.4 Å². The van der Waals surface area contributed by atoms with Crippen LogP contribution in [0.1, 0.15) is 28.9 Å². The number of amides is 2. The normalized spacial score (nSPS) is 15.7. The number of carbonyl (C=O) groups is 2. The Morgan fingerprint density at radius 3 is 2.89 bits per heavy atom. The number of nitrogens with zero attached hydrogens (tertiary/aromatic N) is 4. The van der Waals surface area contributed by atoms with Crippen molar-refractivity contribution >= 4 is 34.9 Å². The molecular formula is C26H24ClN5O3. The minimum atomic E-state index is -0.306. The van der Waals surface area contributed by atoms with E-state index >= 15 is 0 Å². The van der Waals surface area contributed by atoms with Crippen LogP contribution < -0.4 is 10.1 Å². The second-order valence-corrected chi connectivity index (χ2v) is 8.89. The summed E-state index contributed by atoms with van der Waals surface area (Å²) in [5, 5.41) is 3.32. The van der Waals surface area contributed by atoms with E-state index in [1.807, 2.05) is 41.1 Å². The first kappa shape index (κ1) is 22.9. The molecule has 35 heavy (non-hydrogen) atoms. The Morgan fingerprint density at radius 1 is 1.14 bits per heavy atom. The van der Waals surface area contributed by atoms with Crippen molar-refractivity contribution in [1.82, 2.24) is 19.3 Å². The molecule has 1 atom stereocenters. The second kappa shape index (κ2) is 10.1. The standard InChI is InChI=1S/C26H24ClN5O3/c27-20-9-10-23(28-14-20)30-25(33)19-6-4-12-32(15-19)26(34)18-5-3-7-22(13-18)35-17-21-16-31-11-2-1-8-24(31)29-21/h1-3,5,7-11,13-14,16,19H,4,6,12,15,17H2,(H,28,30,33). The van der Waals surface area contributed by atoms with E-state index < -0.39 is 0 Å². The number of aromatic nitrogens is 3. The molecule has 2 amide bonds. The van der Waals surface area contributed by atoms with Gasteiger partial charge in [0.05, 0.1) is 16.6 Å². The first-order valence-electron chi connectivity index (χ1n) is 11.4. The van der Waals surface area contributed by atoms with Crippen LogP contribution in [0, 0.1) is 5.92 Å². The Morgan fingerprint density at radius 2 is 2.06 bits per heavy atom. The van der Waals surface area contributed by atoms with Crippen LogP contribution in [0.4, 0.5) is 5.82 Å². The minimum Gasteiger partial charge on any atom is -0.487 e. The van der Waals surface area contributed by atoms with E-state index in [1.165, 1.54) is 6.20 Å². The summed E-state index contributed by atoms with van der Waals surface area (Å²) in [7, 11) is 0. The highest BCUT2D eigenvalue weighted by molar-refractivity contribution is 6.30. The predicted molar refractivity (Wildman–Crippen MR) is 132 cm³/mol. The highest BCUT2D eigenvalue weighted by Crippen LogP contribution is 2.22. The monoisotopic (exact) mass is 489 g/mol. The predicted octanol–water partition coefficient (Wildman–Crippen LogP) is 4.45. The Labute approximate surface area is 207 Å². The largest absolute Gasteiger partial charge is 0.487 e. The molecule has 1 unspecified atom stereocenters. The summed E-state index contributed by atoms with van der Waals surface area (Å²) in [5.41, 5.74) is 2.18. The molecule has 5 rings (SSSR count). The number of imidazole rings is 1. The lowest BCUT2D eigenvalue weighted by molar-refractivity contribution is -0.121. The Bertz CT molecular complexity index is 1320. The molecule has 1 aromatic carbocycles. The van der Waals surface area contributed by atoms with Crippen molar-refractivity contribution in [2.45, 2.75) is 19.4 Å². The zero-order chi connectivity index (χ0) is 24.2. The third kappa shape index (κ3) is 5.44. The number of nitrogens with one attached hydrogen (secondary N) is 1. The maximum Gasteiger partial charge on any atom is 0.254 e. The molecule has 9 heteroatoms. The smallest absolute Gasteiger partial charge is 0.254 e. The van der Waals surface area contributed by atoms with Gasteiger partial charge in [-0.3, -0.25) is 9.59 Å². The molecule has 0 bridgehead atoms. The van der Waals surface area contributed by atoms with Crippen LogP contribution in [0.5, 0.6) is 5.75 Å². The molecule has 1 aliphatic rings. The molecule has 1 N–H and O–H groups in total. The van der Waals surface area contributed by atoms with Gasteiger partial charge in [-0.15, -0.1) is 0 Å². The van der Waals surface area contributed by atoms with E-state index in [1.54, 1.807) is 35.2 Å². The Balaban J connectivity index is 1.21. The summed E-state index contributed by atoms with van der Waals surface area (Å²) in [6.45, 7) is 1.25. The number of anilines is 1. The summed E-state index contributed by atoms with van der Waals surface area (Å²) in [6.07, 6.45) is 6.80. The van der Waals surface area contributed by atoms with Gasteiger partial charge in [-0.1, -0.05) is 23.7 Å². The number of piperidine rings is 1. The second-order valence-electron chi connectivity index (χ2n) is 8.46. The number of halogens is 1. The fraction of sp³-hybridized carbons (Fsp3) is 0.231. The quantitative estimate of drug-likeness (QED) is 0.432.